The van der Waals surface area contributed by atoms with Gasteiger partial charge in [-0.25, -0.2) is 0 Å². The summed E-state index contributed by atoms with van der Waals surface area (Å²) in [5.74, 6) is -0.114. The Hall–Kier alpha value is -2.52. The number of para-hydroxylation sites is 1. The van der Waals surface area contributed by atoms with E-state index in [0.29, 0.717) is 17.5 Å². The lowest BCUT2D eigenvalue weighted by Crippen LogP contribution is -2.19. The average Bonchev–Trinajstić information content (AvgIpc) is 3.10. The van der Waals surface area contributed by atoms with Crippen LogP contribution in [0.4, 0.5) is 18.9 Å². The van der Waals surface area contributed by atoms with Gasteiger partial charge in [0.05, 0.1) is 22.0 Å². The van der Waals surface area contributed by atoms with Gasteiger partial charge >= 0.3 is 6.18 Å². The molecule has 1 amide bonds. The quantitative estimate of drug-likeness (QED) is 0.523. The largest absolute Gasteiger partial charge is 0.418 e. The summed E-state index contributed by atoms with van der Waals surface area (Å²) in [5.41, 5.74) is -0.565. The number of nitrogens with zero attached hydrogens (tertiary/aromatic N) is 3. The van der Waals surface area contributed by atoms with Crippen molar-refractivity contribution >= 4 is 35.0 Å². The summed E-state index contributed by atoms with van der Waals surface area (Å²) in [6.07, 6.45) is -4.63. The maximum Gasteiger partial charge on any atom is 0.418 e. The number of hydrogen-bond donors (Lipinski definition) is 1. The summed E-state index contributed by atoms with van der Waals surface area (Å²) in [7, 11) is 0. The Balaban J connectivity index is 1.74. The molecule has 0 saturated carbocycles. The van der Waals surface area contributed by atoms with Gasteiger partial charge in [0, 0.05) is 12.1 Å². The second kappa shape index (κ2) is 8.87. The van der Waals surface area contributed by atoms with Crippen molar-refractivity contribution in [3.63, 3.8) is 0 Å². The van der Waals surface area contributed by atoms with Gasteiger partial charge in [-0.05, 0) is 19.1 Å². The van der Waals surface area contributed by atoms with Crippen molar-refractivity contribution in [1.29, 1.82) is 0 Å². The predicted octanol–water partition coefficient (Wildman–Crippen LogP) is 5.37. The number of rotatable bonds is 6. The number of carbonyl (C=O) groups is 1. The van der Waals surface area contributed by atoms with Gasteiger partial charge < -0.3 is 9.88 Å². The first-order valence-electron chi connectivity index (χ1n) is 8.58. The number of thioether (sulfide) groups is 1. The van der Waals surface area contributed by atoms with Gasteiger partial charge in [-0.1, -0.05) is 59.8 Å². The Morgan fingerprint density at radius 1 is 1.14 bits per heavy atom. The van der Waals surface area contributed by atoms with E-state index in [2.05, 4.69) is 15.5 Å². The SMILES string of the molecule is CCn1c(SCC(=O)Nc2c(Cl)cccc2C(F)(F)F)nnc1-c1ccccc1. The maximum atomic E-state index is 13.2. The molecule has 152 valence electrons. The highest BCUT2D eigenvalue weighted by atomic mass is 35.5. The van der Waals surface area contributed by atoms with Gasteiger partial charge in [-0.15, -0.1) is 10.2 Å². The van der Waals surface area contributed by atoms with E-state index in [1.165, 1.54) is 12.1 Å². The highest BCUT2D eigenvalue weighted by molar-refractivity contribution is 7.99. The second-order valence-corrected chi connectivity index (χ2v) is 7.26. The molecule has 0 radical (unpaired) electrons. The van der Waals surface area contributed by atoms with Gasteiger partial charge in [0.25, 0.3) is 0 Å². The van der Waals surface area contributed by atoms with Crippen LogP contribution in [0.25, 0.3) is 11.4 Å². The first kappa shape index (κ1) is 21.2. The summed E-state index contributed by atoms with van der Waals surface area (Å²) < 4.78 is 41.3. The molecule has 0 aliphatic carbocycles. The Labute approximate surface area is 174 Å². The smallest absolute Gasteiger partial charge is 0.324 e. The van der Waals surface area contributed by atoms with Crippen LogP contribution in [-0.2, 0) is 17.5 Å². The van der Waals surface area contributed by atoms with E-state index in [1.807, 2.05) is 41.8 Å². The van der Waals surface area contributed by atoms with Crippen LogP contribution >= 0.6 is 23.4 Å². The molecule has 0 bridgehead atoms. The number of benzene rings is 2. The molecule has 0 aliphatic heterocycles. The molecule has 29 heavy (non-hydrogen) atoms. The number of hydrogen-bond acceptors (Lipinski definition) is 4. The molecule has 0 saturated heterocycles. The van der Waals surface area contributed by atoms with Crippen LogP contribution in [0, 0.1) is 0 Å². The molecular formula is C19H16ClF3N4OS. The van der Waals surface area contributed by atoms with E-state index >= 15 is 0 Å². The number of alkyl halides is 3. The fraction of sp³-hybridized carbons (Fsp3) is 0.211. The number of halogens is 4. The Morgan fingerprint density at radius 3 is 2.52 bits per heavy atom. The molecule has 1 heterocycles. The third kappa shape index (κ3) is 4.91. The lowest BCUT2D eigenvalue weighted by Gasteiger charge is -2.15. The van der Waals surface area contributed by atoms with Crippen molar-refractivity contribution in [3.05, 3.63) is 59.1 Å². The average molecular weight is 441 g/mol. The molecule has 3 aromatic rings. The number of carbonyl (C=O) groups excluding carboxylic acids is 1. The summed E-state index contributed by atoms with van der Waals surface area (Å²) >= 11 is 6.95. The fourth-order valence-corrected chi connectivity index (χ4v) is 3.70. The maximum absolute atomic E-state index is 13.2. The Bertz CT molecular complexity index is 1010. The van der Waals surface area contributed by atoms with E-state index in [-0.39, 0.29) is 10.8 Å². The first-order chi connectivity index (χ1) is 13.8. The summed E-state index contributed by atoms with van der Waals surface area (Å²) in [6, 6.07) is 12.8. The molecule has 1 N–H and O–H groups in total. The van der Waals surface area contributed by atoms with Gasteiger partial charge in [0.1, 0.15) is 0 Å². The van der Waals surface area contributed by atoms with Crippen LogP contribution in [0.2, 0.25) is 5.02 Å². The zero-order chi connectivity index (χ0) is 21.0. The zero-order valence-electron chi connectivity index (χ0n) is 15.2. The van der Waals surface area contributed by atoms with E-state index in [1.54, 1.807) is 0 Å². The highest BCUT2D eigenvalue weighted by Gasteiger charge is 2.34. The highest BCUT2D eigenvalue weighted by Crippen LogP contribution is 2.38. The summed E-state index contributed by atoms with van der Waals surface area (Å²) in [6.45, 7) is 2.49. The van der Waals surface area contributed by atoms with Crippen molar-refractivity contribution in [1.82, 2.24) is 14.8 Å². The molecule has 0 fully saturated rings. The molecule has 3 rings (SSSR count). The molecule has 0 atom stereocenters. The molecule has 0 unspecified atom stereocenters. The number of amides is 1. The predicted molar refractivity (Wildman–Crippen MR) is 107 cm³/mol. The van der Waals surface area contributed by atoms with Crippen LogP contribution < -0.4 is 5.32 Å². The molecule has 1 aromatic heterocycles. The van der Waals surface area contributed by atoms with Crippen molar-refractivity contribution in [3.8, 4) is 11.4 Å². The zero-order valence-corrected chi connectivity index (χ0v) is 16.8. The minimum atomic E-state index is -4.63. The van der Waals surface area contributed by atoms with Gasteiger partial charge in [0.2, 0.25) is 5.91 Å². The molecule has 2 aromatic carbocycles. The van der Waals surface area contributed by atoms with E-state index in [0.717, 1.165) is 23.4 Å². The van der Waals surface area contributed by atoms with Gasteiger partial charge in [0.15, 0.2) is 11.0 Å². The molecule has 5 nitrogen and oxygen atoms in total. The van der Waals surface area contributed by atoms with E-state index in [4.69, 9.17) is 11.6 Å². The normalized spacial score (nSPS) is 11.5. The number of aromatic nitrogens is 3. The lowest BCUT2D eigenvalue weighted by atomic mass is 10.1. The summed E-state index contributed by atoms with van der Waals surface area (Å²) in [5, 5.41) is 10.9. The van der Waals surface area contributed by atoms with Crippen LogP contribution in [0.3, 0.4) is 0 Å². The van der Waals surface area contributed by atoms with Crippen molar-refractivity contribution in [2.45, 2.75) is 24.8 Å². The standard InChI is InChI=1S/C19H16ClF3N4OS/c1-2-27-17(12-7-4-3-5-8-12)25-26-18(27)29-11-15(28)24-16-13(19(21,22)23)9-6-10-14(16)20/h3-10H,2,11H2,1H3,(H,24,28). The van der Waals surface area contributed by atoms with Crippen molar-refractivity contribution < 1.29 is 18.0 Å². The topological polar surface area (TPSA) is 59.8 Å². The minimum absolute atomic E-state index is 0.143. The Kier molecular flexibility index (Phi) is 6.49. The monoisotopic (exact) mass is 440 g/mol. The molecule has 10 heteroatoms. The fourth-order valence-electron chi connectivity index (χ4n) is 2.67. The molecular weight excluding hydrogens is 425 g/mol. The van der Waals surface area contributed by atoms with Crippen LogP contribution in [0.1, 0.15) is 12.5 Å². The first-order valence-corrected chi connectivity index (χ1v) is 9.94. The third-order valence-corrected chi connectivity index (χ3v) is 5.26. The van der Waals surface area contributed by atoms with Crippen LogP contribution in [0.15, 0.2) is 53.7 Å². The van der Waals surface area contributed by atoms with Crippen molar-refractivity contribution in [2.24, 2.45) is 0 Å². The van der Waals surface area contributed by atoms with Gasteiger partial charge in [-0.3, -0.25) is 4.79 Å². The van der Waals surface area contributed by atoms with E-state index in [9.17, 15) is 18.0 Å². The lowest BCUT2D eigenvalue weighted by molar-refractivity contribution is -0.137. The summed E-state index contributed by atoms with van der Waals surface area (Å²) in [4.78, 5) is 12.3. The molecule has 0 spiro atoms. The number of nitrogens with one attached hydrogen (secondary N) is 1. The minimum Gasteiger partial charge on any atom is -0.324 e. The van der Waals surface area contributed by atoms with Crippen LogP contribution in [0.5, 0.6) is 0 Å². The van der Waals surface area contributed by atoms with E-state index < -0.39 is 23.3 Å². The third-order valence-electron chi connectivity index (χ3n) is 3.98. The van der Waals surface area contributed by atoms with Crippen LogP contribution in [-0.4, -0.2) is 26.4 Å². The number of anilines is 1. The molecule has 0 aliphatic rings. The second-order valence-electron chi connectivity index (χ2n) is 5.91. The van der Waals surface area contributed by atoms with Crippen molar-refractivity contribution in [2.75, 3.05) is 11.1 Å². The Morgan fingerprint density at radius 2 is 1.86 bits per heavy atom. The van der Waals surface area contributed by atoms with Gasteiger partial charge in [-0.2, -0.15) is 13.2 Å².